The molecule has 0 saturated carbocycles. The van der Waals surface area contributed by atoms with Crippen molar-refractivity contribution in [1.29, 1.82) is 0 Å². The van der Waals surface area contributed by atoms with Gasteiger partial charge in [0.1, 0.15) is 35.9 Å². The van der Waals surface area contributed by atoms with E-state index in [0.717, 1.165) is 46.5 Å². The van der Waals surface area contributed by atoms with Gasteiger partial charge < -0.3 is 25.3 Å². The predicted octanol–water partition coefficient (Wildman–Crippen LogP) is 6.81. The number of nitrogens with two attached hydrogens (primary N) is 1. The molecule has 4 aromatic heterocycles. The van der Waals surface area contributed by atoms with Crippen molar-refractivity contribution < 1.29 is 9.53 Å². The number of nitrogens with zero attached hydrogens (tertiary/aromatic N) is 7. The summed E-state index contributed by atoms with van der Waals surface area (Å²) in [5.74, 6) is 1.22. The molecule has 2 fully saturated rings. The minimum atomic E-state index is -0.615. The Hall–Kier alpha value is -4.51. The molecule has 240 valence electrons. The quantitative estimate of drug-likeness (QED) is 0.221. The number of benzene rings is 1. The summed E-state index contributed by atoms with van der Waals surface area (Å²) in [5, 5.41) is 9.34. The molecule has 0 radical (unpaired) electrons. The molecule has 2 aliphatic rings. The number of pyridine rings is 1. The number of hydrogen-bond acceptors (Lipinski definition) is 8. The maximum atomic E-state index is 13.3. The first-order chi connectivity index (χ1) is 21.9. The summed E-state index contributed by atoms with van der Waals surface area (Å²) in [7, 11) is 1.87. The Balaban J connectivity index is 0.000000727. The second-order valence-corrected chi connectivity index (χ2v) is 10.4. The summed E-state index contributed by atoms with van der Waals surface area (Å²) in [6.45, 7) is 16.1. The van der Waals surface area contributed by atoms with E-state index < -0.39 is 12.3 Å². The lowest BCUT2D eigenvalue weighted by Crippen LogP contribution is -2.37. The predicted molar refractivity (Wildman–Crippen MR) is 183 cm³/mol. The van der Waals surface area contributed by atoms with Gasteiger partial charge in [0.15, 0.2) is 0 Å². The van der Waals surface area contributed by atoms with Gasteiger partial charge in [-0.05, 0) is 43.2 Å². The molecule has 1 aromatic carbocycles. The van der Waals surface area contributed by atoms with Crippen molar-refractivity contribution in [2.45, 2.75) is 73.6 Å². The van der Waals surface area contributed by atoms with E-state index in [0.29, 0.717) is 23.6 Å². The van der Waals surface area contributed by atoms with Crippen LogP contribution in [0.1, 0.15) is 67.5 Å². The molecule has 2 saturated heterocycles. The van der Waals surface area contributed by atoms with Gasteiger partial charge in [-0.25, -0.2) is 15.0 Å². The van der Waals surface area contributed by atoms with Gasteiger partial charge in [-0.1, -0.05) is 54.5 Å². The van der Waals surface area contributed by atoms with Crippen molar-refractivity contribution in [1.82, 2.24) is 29.3 Å². The Labute approximate surface area is 265 Å². The minimum Gasteiger partial charge on any atom is -0.383 e. The average Bonchev–Trinajstić information content (AvgIpc) is 3.76. The number of nitrogen functional groups attached to an aromatic ring is 1. The summed E-state index contributed by atoms with van der Waals surface area (Å²) < 4.78 is 10.0. The normalized spacial score (nSPS) is 18.6. The van der Waals surface area contributed by atoms with Crippen LogP contribution in [0.25, 0.3) is 33.2 Å². The zero-order valence-electron chi connectivity index (χ0n) is 27.8. The Morgan fingerprint density at radius 2 is 1.76 bits per heavy atom. The van der Waals surface area contributed by atoms with Gasteiger partial charge in [0.2, 0.25) is 0 Å². The summed E-state index contributed by atoms with van der Waals surface area (Å²) in [5.41, 5.74) is 10.1. The molecule has 7 rings (SSSR count). The molecule has 0 spiro atoms. The highest BCUT2D eigenvalue weighted by Crippen LogP contribution is 2.40. The Morgan fingerprint density at radius 3 is 2.42 bits per heavy atom. The lowest BCUT2D eigenvalue weighted by atomic mass is 10.1. The van der Waals surface area contributed by atoms with Crippen molar-refractivity contribution >= 4 is 45.2 Å². The number of nitrogens with one attached hydrogen (secondary N) is 1. The van der Waals surface area contributed by atoms with Crippen LogP contribution >= 0.6 is 0 Å². The van der Waals surface area contributed by atoms with Crippen LogP contribution in [0.4, 0.5) is 17.3 Å². The molecule has 0 bridgehead atoms. The first kappa shape index (κ1) is 33.4. The van der Waals surface area contributed by atoms with E-state index in [1.54, 1.807) is 4.68 Å². The molecule has 6 heterocycles. The molecular formula is C34H47N9O2. The molecule has 11 nitrogen and oxygen atoms in total. The van der Waals surface area contributed by atoms with Crippen LogP contribution in [-0.4, -0.2) is 54.4 Å². The number of anilines is 3. The van der Waals surface area contributed by atoms with Gasteiger partial charge in [-0.3, -0.25) is 9.48 Å². The third-order valence-electron chi connectivity index (χ3n) is 7.70. The lowest BCUT2D eigenvalue weighted by molar-refractivity contribution is -0.128. The number of fused-ring (bicyclic) bond motifs is 2. The molecular weight excluding hydrogens is 566 g/mol. The molecule has 2 aliphatic heterocycles. The molecule has 11 heteroatoms. The van der Waals surface area contributed by atoms with Crippen molar-refractivity contribution in [3.05, 3.63) is 55.1 Å². The van der Waals surface area contributed by atoms with E-state index in [1.165, 1.54) is 12.7 Å². The topological polar surface area (TPSA) is 129 Å². The fourth-order valence-corrected chi connectivity index (χ4v) is 5.50. The number of ether oxygens (including phenoxy) is 1. The highest BCUT2D eigenvalue weighted by atomic mass is 16.5. The highest BCUT2D eigenvalue weighted by molar-refractivity contribution is 6.00. The number of hydrogen-bond donors (Lipinski definition) is 2. The Bertz CT molecular complexity index is 1720. The average molecular weight is 614 g/mol. The summed E-state index contributed by atoms with van der Waals surface area (Å²) >= 11 is 0. The molecule has 0 aliphatic carbocycles. The van der Waals surface area contributed by atoms with Crippen LogP contribution < -0.4 is 16.0 Å². The SMILES string of the molecule is CC.CC.CC.CC1CC(C(=O)Nc2ccc3ccc(N4CCC4)nc3c2)OC1n1cc(-c2ccn(C)n2)c2c(N)ncnc21. The zero-order chi connectivity index (χ0) is 32.7. The van der Waals surface area contributed by atoms with Crippen molar-refractivity contribution in [3.8, 4) is 11.3 Å². The lowest BCUT2D eigenvalue weighted by Gasteiger charge is -2.32. The fourth-order valence-electron chi connectivity index (χ4n) is 5.50. The van der Waals surface area contributed by atoms with Crippen LogP contribution in [0.2, 0.25) is 0 Å². The van der Waals surface area contributed by atoms with Crippen LogP contribution in [0.3, 0.4) is 0 Å². The number of carbonyl (C=O) groups is 1. The van der Waals surface area contributed by atoms with E-state index in [-0.39, 0.29) is 11.8 Å². The fraction of sp³-hybridized carbons (Fsp3) is 0.441. The standard InChI is InChI=1S/C28H29N9O2.3C2H6/c1-16-12-22(27(38)32-18-6-4-17-5-7-23(33-21(17)13-18)36-9-3-10-36)39-28(16)37-14-19(20-8-11-35(2)34-20)24-25(29)30-15-31-26(24)37;3*1-2/h4-8,11,13-16,22,28H,3,9-10,12H2,1-2H3,(H,32,38)(H2,29,30,31);3*1-2H3. The third kappa shape index (κ3) is 6.78. The van der Waals surface area contributed by atoms with Gasteiger partial charge in [-0.2, -0.15) is 5.10 Å². The molecule has 3 N–H and O–H groups in total. The molecule has 3 atom stereocenters. The van der Waals surface area contributed by atoms with Gasteiger partial charge in [-0.15, -0.1) is 0 Å². The van der Waals surface area contributed by atoms with E-state index in [1.807, 2.05) is 89.8 Å². The largest absolute Gasteiger partial charge is 0.383 e. The van der Waals surface area contributed by atoms with Crippen LogP contribution in [-0.2, 0) is 16.6 Å². The summed E-state index contributed by atoms with van der Waals surface area (Å²) in [4.78, 5) is 29.1. The van der Waals surface area contributed by atoms with Gasteiger partial charge in [0.25, 0.3) is 5.91 Å². The van der Waals surface area contributed by atoms with Crippen LogP contribution in [0, 0.1) is 5.92 Å². The van der Waals surface area contributed by atoms with Crippen molar-refractivity contribution in [2.75, 3.05) is 29.0 Å². The molecule has 1 amide bonds. The molecule has 45 heavy (non-hydrogen) atoms. The van der Waals surface area contributed by atoms with Gasteiger partial charge >= 0.3 is 0 Å². The van der Waals surface area contributed by atoms with E-state index in [2.05, 4.69) is 44.3 Å². The number of carbonyl (C=O) groups excluding carboxylic acids is 1. The van der Waals surface area contributed by atoms with Crippen LogP contribution in [0.15, 0.2) is 55.1 Å². The number of rotatable bonds is 5. The number of amides is 1. The van der Waals surface area contributed by atoms with Gasteiger partial charge in [0, 0.05) is 55.1 Å². The number of aromatic nitrogens is 6. The van der Waals surface area contributed by atoms with E-state index in [9.17, 15) is 4.79 Å². The zero-order valence-corrected chi connectivity index (χ0v) is 27.8. The van der Waals surface area contributed by atoms with Crippen molar-refractivity contribution in [3.63, 3.8) is 0 Å². The highest BCUT2D eigenvalue weighted by Gasteiger charge is 2.39. The number of aryl methyl sites for hydroxylation is 1. The second-order valence-electron chi connectivity index (χ2n) is 10.4. The molecule has 5 aromatic rings. The second kappa shape index (κ2) is 15.0. The Morgan fingerprint density at radius 1 is 1.02 bits per heavy atom. The first-order valence-corrected chi connectivity index (χ1v) is 16.2. The van der Waals surface area contributed by atoms with E-state index >= 15 is 0 Å². The van der Waals surface area contributed by atoms with Crippen molar-refractivity contribution in [2.24, 2.45) is 13.0 Å². The van der Waals surface area contributed by atoms with Gasteiger partial charge in [0.05, 0.1) is 16.6 Å². The monoisotopic (exact) mass is 613 g/mol. The van der Waals surface area contributed by atoms with E-state index in [4.69, 9.17) is 15.5 Å². The minimum absolute atomic E-state index is 0.0569. The maximum absolute atomic E-state index is 13.3. The third-order valence-corrected chi connectivity index (χ3v) is 7.70. The smallest absolute Gasteiger partial charge is 0.253 e. The summed E-state index contributed by atoms with van der Waals surface area (Å²) in [6.07, 6.45) is 6.02. The Kier molecular flexibility index (Phi) is 11.1. The van der Waals surface area contributed by atoms with Crippen LogP contribution in [0.5, 0.6) is 0 Å². The summed E-state index contributed by atoms with van der Waals surface area (Å²) in [6, 6.07) is 11.9. The maximum Gasteiger partial charge on any atom is 0.253 e. The first-order valence-electron chi connectivity index (χ1n) is 16.2. The molecule has 3 unspecified atom stereocenters.